The van der Waals surface area contributed by atoms with Gasteiger partial charge >= 0.3 is 23.1 Å². The second-order valence-electron chi connectivity index (χ2n) is 34.7. The minimum Gasteiger partial charge on any atom is -0.497 e. The lowest BCUT2D eigenvalue weighted by molar-refractivity contribution is -0.0943. The van der Waals surface area contributed by atoms with Crippen LogP contribution in [0, 0.1) is 38.5 Å². The highest BCUT2D eigenvalue weighted by Crippen LogP contribution is 2.46. The molecule has 10 heterocycles. The first-order chi connectivity index (χ1) is 58.8. The van der Waals surface area contributed by atoms with Gasteiger partial charge in [-0.2, -0.15) is 38.4 Å². The molecule has 13 fully saturated rings. The Morgan fingerprint density at radius 1 is 0.358 bits per heavy atom. The lowest BCUT2D eigenvalue weighted by Gasteiger charge is -2.44. The highest BCUT2D eigenvalue weighted by molar-refractivity contribution is 7.90. The van der Waals surface area contributed by atoms with Crippen LogP contribution in [-0.2, 0) is 103 Å². The number of ether oxygens (including phenoxy) is 6. The molecule has 1 N–H and O–H groups in total. The van der Waals surface area contributed by atoms with Crippen molar-refractivity contribution < 1.29 is 87.3 Å². The molecule has 682 valence electrons. The molecule has 30 nitrogen and oxygen atoms in total. The number of methoxy groups -OCH3 is 1. The Kier molecular flexibility index (Phi) is 33.1. The van der Waals surface area contributed by atoms with E-state index in [1.54, 1.807) is 101 Å². The zero-order valence-electron chi connectivity index (χ0n) is 72.2. The Balaban J connectivity index is 0.000000138. The summed E-state index contributed by atoms with van der Waals surface area (Å²) >= 11 is -1.50. The summed E-state index contributed by atoms with van der Waals surface area (Å²) < 4.78 is 207. The van der Waals surface area contributed by atoms with Crippen molar-refractivity contribution in [1.29, 1.82) is 0 Å². The number of benzene rings is 5. The number of aryl methyl sites for hydroxylation is 4. The van der Waals surface area contributed by atoms with E-state index >= 15 is 0 Å². The van der Waals surface area contributed by atoms with Gasteiger partial charge in [-0.25, -0.2) is 42.1 Å². The van der Waals surface area contributed by atoms with E-state index in [0.717, 1.165) is 150 Å². The van der Waals surface area contributed by atoms with Crippen molar-refractivity contribution >= 4 is 73.3 Å². The van der Waals surface area contributed by atoms with E-state index in [1.807, 2.05) is 69.3 Å². The van der Waals surface area contributed by atoms with Gasteiger partial charge in [0.15, 0.2) is 0 Å². The molecule has 123 heavy (non-hydrogen) atoms. The first kappa shape index (κ1) is 96.8. The van der Waals surface area contributed by atoms with Crippen LogP contribution in [-0.4, -0.2) is 293 Å². The minimum atomic E-state index is -3.58. The Labute approximate surface area is 736 Å². The third-order valence-electron chi connectivity index (χ3n) is 26.2. The quantitative estimate of drug-likeness (QED) is 0.0808. The summed E-state index contributed by atoms with van der Waals surface area (Å²) in [6.07, 6.45) is 16.5. The Morgan fingerprint density at radius 2 is 0.585 bits per heavy atom. The molecule has 37 heteroatoms. The summed E-state index contributed by atoms with van der Waals surface area (Å²) in [5.41, 5.74) is 1.09. The Bertz CT molecular complexity index is 4810. The lowest BCUT2D eigenvalue weighted by atomic mass is 10.00. The zero-order chi connectivity index (χ0) is 88.1. The largest absolute Gasteiger partial charge is 0.497 e. The molecule has 10 aliphatic heterocycles. The van der Waals surface area contributed by atoms with E-state index < -0.39 is 102 Å². The van der Waals surface area contributed by atoms with E-state index in [4.69, 9.17) is 45.3 Å². The van der Waals surface area contributed by atoms with E-state index in [-0.39, 0.29) is 0 Å². The molecule has 3 saturated carbocycles. The van der Waals surface area contributed by atoms with Gasteiger partial charge in [-0.05, 0) is 189 Å². The Morgan fingerprint density at radius 3 is 0.813 bits per heavy atom. The number of hydrogen-bond donors (Lipinski definition) is 1. The fourth-order valence-corrected chi connectivity index (χ4v) is 27.1. The van der Waals surface area contributed by atoms with Gasteiger partial charge in [-0.1, -0.05) is 72.1 Å². The van der Waals surface area contributed by atoms with Crippen LogP contribution in [0.15, 0.2) is 146 Å². The van der Waals surface area contributed by atoms with Crippen LogP contribution in [0.4, 0.5) is 0 Å². The van der Waals surface area contributed by atoms with Crippen LogP contribution < -0.4 is 10.1 Å². The first-order valence-corrected chi connectivity index (χ1v) is 52.1. The fourth-order valence-electron chi connectivity index (χ4n) is 18.5. The molecule has 0 bridgehead atoms. The third-order valence-corrected chi connectivity index (χ3v) is 36.1. The summed E-state index contributed by atoms with van der Waals surface area (Å²) in [6.45, 7) is 29.3. The molecule has 18 rings (SSSR count). The summed E-state index contributed by atoms with van der Waals surface area (Å²) in [7, 11) is -16.0. The molecule has 0 amide bonds. The van der Waals surface area contributed by atoms with Crippen LogP contribution in [0.1, 0.15) is 146 Å². The van der Waals surface area contributed by atoms with Gasteiger partial charge in [-0.3, -0.25) is 0 Å². The number of sulfonamides is 5. The van der Waals surface area contributed by atoms with E-state index in [2.05, 4.69) is 45.7 Å². The van der Waals surface area contributed by atoms with Crippen LogP contribution in [0.5, 0.6) is 5.75 Å². The molecule has 5 aromatic rings. The number of rotatable bonds is 19. The topological polar surface area (TPSA) is 336 Å². The van der Waals surface area contributed by atoms with Gasteiger partial charge < -0.3 is 53.3 Å². The van der Waals surface area contributed by atoms with Crippen LogP contribution in [0.25, 0.3) is 0 Å². The number of hydrogen-bond acceptors (Lipinski definition) is 25. The van der Waals surface area contributed by atoms with E-state index in [1.165, 1.54) is 58.2 Å². The first-order valence-electron chi connectivity index (χ1n) is 43.5. The van der Waals surface area contributed by atoms with Crippen molar-refractivity contribution in [2.45, 2.75) is 210 Å². The molecule has 0 radical (unpaired) electrons. The number of likely N-dealkylation sites (tertiary alicyclic amines) is 4. The average Bonchev–Trinajstić information content (AvgIpc) is 1.67. The van der Waals surface area contributed by atoms with Crippen molar-refractivity contribution in [2.24, 2.45) is 17.8 Å². The zero-order valence-corrected chi connectivity index (χ0v) is 77.9. The fraction of sp³-hybridized carbons (Fsp3) is 0.651. The highest BCUT2D eigenvalue weighted by Gasteiger charge is 2.56. The van der Waals surface area contributed by atoms with Crippen molar-refractivity contribution in [3.63, 3.8) is 0 Å². The van der Waals surface area contributed by atoms with Gasteiger partial charge in [0.1, 0.15) is 34.4 Å². The maximum absolute atomic E-state index is 13.2. The summed E-state index contributed by atoms with van der Waals surface area (Å²) in [6, 6.07) is 35.6. The second kappa shape index (κ2) is 42.1. The minimum absolute atomic E-state index is 0.291. The number of nitrogens with one attached hydrogen (secondary N) is 1. The normalized spacial score (nSPS) is 23.3. The van der Waals surface area contributed by atoms with Crippen molar-refractivity contribution in [1.82, 2.24) is 46.4 Å². The SMILES string of the molecule is CCc1ccc(S(=O)(=O)N2CCOC23CCN(CC2CC2)CC3)cc1.COc1ccc(S(=O)(=O)N2CCOC23CCN(C(C)C)CC3)cc1.Cc1ccc(S(=O)(=O)N2CCOC23CCN(CC2CC2)CC3)cc1.Cc1ccc(S(=O)(=O)N2CCOC23CCN(CC2CC2)CC3)cc1.Cc1ccc(S(=O)(=O)N2CCOC23CCNCC3)cc1.O=S=O.O=S=O. The maximum atomic E-state index is 13.2. The molecule has 0 unspecified atom stereocenters. The summed E-state index contributed by atoms with van der Waals surface area (Å²) in [5, 5.41) is 3.25. The van der Waals surface area contributed by atoms with Gasteiger partial charge in [0.25, 0.3) is 0 Å². The average molecular weight is 1840 g/mol. The number of nitrogens with zero attached hydrogens (tertiary/aromatic N) is 9. The molecule has 0 aromatic heterocycles. The molecule has 5 aromatic carbocycles. The van der Waals surface area contributed by atoms with Crippen molar-refractivity contribution in [3.05, 3.63) is 144 Å². The standard InChI is InChI=1S/C19H28N2O3S.2C18H26N2O3S.C17H26N2O4S.C14H20N2O3S.2O2S/c1-2-16-5-7-18(8-6-16)25(22,23)21-13-14-24-19(21)9-11-20(12-10-19)15-17-3-4-17;2*1-15-2-6-17(7-3-15)24(21,22)20-12-13-23-18(20)8-10-19(11-9-18)14-16-4-5-16;1-14(2)18-10-8-17(9-11-18)19(12-13-23-17)24(20,21)16-6-4-15(22-3)5-7-16;1-12-2-4-13(5-3-12)20(17,18)16-10-11-19-14(16)6-8-15-9-7-14;2*1-3-2/h5-8,17H,2-4,9-15H2,1H3;2*2-3,6-7,16H,4-5,8-14H2,1H3;4-7,14H,8-13H2,1-3H3;2-5,15H,6-11H2,1H3;;. The van der Waals surface area contributed by atoms with Gasteiger partial charge in [0.2, 0.25) is 50.1 Å². The number of piperidine rings is 5. The molecule has 0 atom stereocenters. The van der Waals surface area contributed by atoms with Crippen molar-refractivity contribution in [2.75, 3.05) is 158 Å². The smallest absolute Gasteiger partial charge is 0.335 e. The van der Waals surface area contributed by atoms with Gasteiger partial charge in [0.05, 0.1) is 64.6 Å². The molecule has 5 spiro atoms. The molecular formula is C86H126N10O20S7. The van der Waals surface area contributed by atoms with Gasteiger partial charge in [0, 0.05) is 175 Å². The summed E-state index contributed by atoms with van der Waals surface area (Å²) in [5.74, 6) is 3.26. The molecular weight excluding hydrogens is 1720 g/mol. The highest BCUT2D eigenvalue weighted by atomic mass is 32.2. The van der Waals surface area contributed by atoms with Gasteiger partial charge in [-0.15, -0.1) is 0 Å². The predicted octanol–water partition coefficient (Wildman–Crippen LogP) is 8.58. The van der Waals surface area contributed by atoms with Crippen LogP contribution in [0.2, 0.25) is 0 Å². The Hall–Kier alpha value is -5.31. The maximum Gasteiger partial charge on any atom is 0.335 e. The molecule has 10 saturated heterocycles. The predicted molar refractivity (Wildman–Crippen MR) is 466 cm³/mol. The summed E-state index contributed by atoms with van der Waals surface area (Å²) in [4.78, 5) is 11.6. The second-order valence-corrected chi connectivity index (χ2v) is 44.3. The van der Waals surface area contributed by atoms with Crippen LogP contribution >= 0.6 is 0 Å². The van der Waals surface area contributed by atoms with Crippen LogP contribution in [0.3, 0.4) is 0 Å². The third kappa shape index (κ3) is 23.3. The van der Waals surface area contributed by atoms with Crippen molar-refractivity contribution in [3.8, 4) is 5.75 Å². The molecule has 13 aliphatic rings. The lowest BCUT2D eigenvalue weighted by Crippen LogP contribution is -2.55. The van der Waals surface area contributed by atoms with E-state index in [9.17, 15) is 42.1 Å². The monoisotopic (exact) mass is 1840 g/mol. The molecule has 3 aliphatic carbocycles. The van der Waals surface area contributed by atoms with E-state index in [0.29, 0.717) is 128 Å².